The van der Waals surface area contributed by atoms with Gasteiger partial charge in [-0.15, -0.1) is 0 Å². The standard InChI is InChI=1S/C33H37NO3/c1-4-5-19-35-31-29-21-28(34-22-24-11-7-6-8-12-24)17-18-30(29)37-33(2,3)32(31)36-23-25-15-16-26-13-9-10-14-27(26)20-25/h6-18,20-21,31-32,34H,4-5,19,22-23H2,1-3H3. The number of hydrogen-bond acceptors (Lipinski definition) is 4. The highest BCUT2D eigenvalue weighted by Crippen LogP contribution is 2.44. The van der Waals surface area contributed by atoms with Gasteiger partial charge in [-0.05, 0) is 66.4 Å². The molecule has 4 heteroatoms. The Morgan fingerprint density at radius 3 is 2.41 bits per heavy atom. The van der Waals surface area contributed by atoms with E-state index in [1.54, 1.807) is 0 Å². The van der Waals surface area contributed by atoms with Gasteiger partial charge in [-0.3, -0.25) is 0 Å². The van der Waals surface area contributed by atoms with Crippen molar-refractivity contribution in [2.45, 2.75) is 64.6 Å². The van der Waals surface area contributed by atoms with Crippen LogP contribution in [0.25, 0.3) is 10.8 Å². The van der Waals surface area contributed by atoms with E-state index in [2.05, 4.69) is 111 Å². The average Bonchev–Trinajstić information content (AvgIpc) is 2.91. The summed E-state index contributed by atoms with van der Waals surface area (Å²) in [4.78, 5) is 0. The quantitative estimate of drug-likeness (QED) is 0.226. The van der Waals surface area contributed by atoms with Crippen molar-refractivity contribution in [3.63, 3.8) is 0 Å². The Labute approximate surface area is 220 Å². The fourth-order valence-electron chi connectivity index (χ4n) is 4.98. The molecule has 0 fully saturated rings. The molecule has 192 valence electrons. The molecule has 37 heavy (non-hydrogen) atoms. The van der Waals surface area contributed by atoms with Crippen molar-refractivity contribution in [2.75, 3.05) is 11.9 Å². The summed E-state index contributed by atoms with van der Waals surface area (Å²) in [5.41, 5.74) is 3.93. The van der Waals surface area contributed by atoms with Crippen LogP contribution in [0, 0.1) is 0 Å². The molecule has 0 aromatic heterocycles. The second-order valence-electron chi connectivity index (χ2n) is 10.4. The highest BCUT2D eigenvalue weighted by molar-refractivity contribution is 5.82. The molecule has 0 bridgehead atoms. The Bertz CT molecular complexity index is 1320. The summed E-state index contributed by atoms with van der Waals surface area (Å²) >= 11 is 0. The summed E-state index contributed by atoms with van der Waals surface area (Å²) < 4.78 is 19.7. The Morgan fingerprint density at radius 1 is 0.811 bits per heavy atom. The van der Waals surface area contributed by atoms with Crippen LogP contribution in [0.5, 0.6) is 5.75 Å². The summed E-state index contributed by atoms with van der Waals surface area (Å²) in [6.07, 6.45) is 1.62. The van der Waals surface area contributed by atoms with Crippen LogP contribution in [0.2, 0.25) is 0 Å². The van der Waals surface area contributed by atoms with Crippen molar-refractivity contribution in [3.05, 3.63) is 108 Å². The molecule has 0 aliphatic carbocycles. The number of ether oxygens (including phenoxy) is 3. The maximum absolute atomic E-state index is 6.63. The number of anilines is 1. The Balaban J connectivity index is 1.39. The van der Waals surface area contributed by atoms with Crippen LogP contribution < -0.4 is 10.1 Å². The van der Waals surface area contributed by atoms with E-state index in [4.69, 9.17) is 14.2 Å². The van der Waals surface area contributed by atoms with Gasteiger partial charge in [0, 0.05) is 24.4 Å². The molecule has 0 saturated carbocycles. The molecule has 5 rings (SSSR count). The van der Waals surface area contributed by atoms with Crippen molar-refractivity contribution in [1.29, 1.82) is 0 Å². The van der Waals surface area contributed by atoms with Crippen LogP contribution in [0.15, 0.2) is 91.0 Å². The monoisotopic (exact) mass is 495 g/mol. The average molecular weight is 496 g/mol. The molecule has 4 aromatic carbocycles. The molecule has 0 spiro atoms. The molecule has 4 nitrogen and oxygen atoms in total. The van der Waals surface area contributed by atoms with Crippen LogP contribution >= 0.6 is 0 Å². The summed E-state index contributed by atoms with van der Waals surface area (Å²) in [5.74, 6) is 0.863. The third-order valence-corrected chi connectivity index (χ3v) is 7.03. The van der Waals surface area contributed by atoms with Crippen molar-refractivity contribution < 1.29 is 14.2 Å². The largest absolute Gasteiger partial charge is 0.485 e. The van der Waals surface area contributed by atoms with E-state index in [0.29, 0.717) is 13.2 Å². The van der Waals surface area contributed by atoms with Crippen LogP contribution in [0.3, 0.4) is 0 Å². The summed E-state index contributed by atoms with van der Waals surface area (Å²) in [6.45, 7) is 8.32. The maximum atomic E-state index is 6.63. The first-order valence-corrected chi connectivity index (χ1v) is 13.3. The summed E-state index contributed by atoms with van der Waals surface area (Å²) in [5, 5.41) is 6.01. The van der Waals surface area contributed by atoms with Gasteiger partial charge >= 0.3 is 0 Å². The number of unbranched alkanes of at least 4 members (excludes halogenated alkanes) is 1. The maximum Gasteiger partial charge on any atom is 0.132 e. The minimum absolute atomic E-state index is 0.218. The molecular formula is C33H37NO3. The third kappa shape index (κ3) is 5.98. The molecule has 2 atom stereocenters. The van der Waals surface area contributed by atoms with Gasteiger partial charge in [-0.1, -0.05) is 80.1 Å². The zero-order valence-electron chi connectivity index (χ0n) is 22.1. The van der Waals surface area contributed by atoms with Crippen LogP contribution in [-0.2, 0) is 22.6 Å². The van der Waals surface area contributed by atoms with E-state index in [9.17, 15) is 0 Å². The van der Waals surface area contributed by atoms with Gasteiger partial charge < -0.3 is 19.5 Å². The van der Waals surface area contributed by atoms with Crippen molar-refractivity contribution in [2.24, 2.45) is 0 Å². The van der Waals surface area contributed by atoms with E-state index in [-0.39, 0.29) is 12.2 Å². The van der Waals surface area contributed by atoms with Gasteiger partial charge in [0.15, 0.2) is 0 Å². The Kier molecular flexibility index (Phi) is 7.78. The highest BCUT2D eigenvalue weighted by atomic mass is 16.6. The molecule has 2 unspecified atom stereocenters. The smallest absolute Gasteiger partial charge is 0.132 e. The number of rotatable bonds is 10. The van der Waals surface area contributed by atoms with Gasteiger partial charge in [-0.2, -0.15) is 0 Å². The molecule has 1 heterocycles. The van der Waals surface area contributed by atoms with Gasteiger partial charge in [-0.25, -0.2) is 0 Å². The lowest BCUT2D eigenvalue weighted by molar-refractivity contribution is -0.167. The first-order valence-electron chi connectivity index (χ1n) is 13.3. The van der Waals surface area contributed by atoms with E-state index in [1.165, 1.54) is 16.3 Å². The summed E-state index contributed by atoms with van der Waals surface area (Å²) in [7, 11) is 0. The zero-order chi connectivity index (χ0) is 25.7. The Hall–Kier alpha value is -3.34. The fourth-order valence-corrected chi connectivity index (χ4v) is 4.98. The minimum Gasteiger partial charge on any atom is -0.485 e. The topological polar surface area (TPSA) is 39.7 Å². The molecule has 0 saturated heterocycles. The van der Waals surface area contributed by atoms with Gasteiger partial charge in [0.1, 0.15) is 23.6 Å². The molecule has 0 amide bonds. The van der Waals surface area contributed by atoms with Crippen LogP contribution in [0.1, 0.15) is 56.4 Å². The first-order chi connectivity index (χ1) is 18.0. The highest BCUT2D eigenvalue weighted by Gasteiger charge is 2.45. The fraction of sp³-hybridized carbons (Fsp3) is 0.333. The zero-order valence-corrected chi connectivity index (χ0v) is 22.1. The van der Waals surface area contributed by atoms with Gasteiger partial charge in [0.25, 0.3) is 0 Å². The third-order valence-electron chi connectivity index (χ3n) is 7.03. The van der Waals surface area contributed by atoms with E-state index in [1.807, 2.05) is 6.07 Å². The number of hydrogen-bond donors (Lipinski definition) is 1. The lowest BCUT2D eigenvalue weighted by atomic mass is 9.87. The second kappa shape index (κ2) is 11.4. The first kappa shape index (κ1) is 25.3. The lowest BCUT2D eigenvalue weighted by Crippen LogP contribution is -2.51. The van der Waals surface area contributed by atoms with E-state index in [0.717, 1.165) is 42.0 Å². The molecule has 4 aromatic rings. The predicted molar refractivity (Wildman–Crippen MR) is 151 cm³/mol. The molecule has 1 N–H and O–H groups in total. The van der Waals surface area contributed by atoms with Gasteiger partial charge in [0.2, 0.25) is 0 Å². The lowest BCUT2D eigenvalue weighted by Gasteiger charge is -2.44. The van der Waals surface area contributed by atoms with Gasteiger partial charge in [0.05, 0.1) is 6.61 Å². The molecule has 1 aliphatic rings. The van der Waals surface area contributed by atoms with E-state index < -0.39 is 5.60 Å². The number of benzene rings is 4. The summed E-state index contributed by atoms with van der Waals surface area (Å²) in [6, 6.07) is 31.7. The van der Waals surface area contributed by atoms with Crippen LogP contribution in [-0.4, -0.2) is 18.3 Å². The molecule has 1 aliphatic heterocycles. The number of nitrogens with one attached hydrogen (secondary N) is 1. The van der Waals surface area contributed by atoms with Crippen molar-refractivity contribution in [3.8, 4) is 5.75 Å². The normalized spacial score (nSPS) is 18.2. The molecule has 0 radical (unpaired) electrons. The SMILES string of the molecule is CCCCOC1c2cc(NCc3ccccc3)ccc2OC(C)(C)C1OCc1ccc2ccccc2c1. The minimum atomic E-state index is -0.542. The predicted octanol–water partition coefficient (Wildman–Crippen LogP) is 8.07. The van der Waals surface area contributed by atoms with E-state index >= 15 is 0 Å². The second-order valence-corrected chi connectivity index (χ2v) is 10.4. The molecular weight excluding hydrogens is 458 g/mol. The van der Waals surface area contributed by atoms with Crippen molar-refractivity contribution >= 4 is 16.5 Å². The van der Waals surface area contributed by atoms with Crippen molar-refractivity contribution in [1.82, 2.24) is 0 Å². The van der Waals surface area contributed by atoms with Crippen LogP contribution in [0.4, 0.5) is 5.69 Å². The number of fused-ring (bicyclic) bond motifs is 2. The Morgan fingerprint density at radius 2 is 1.59 bits per heavy atom.